The lowest BCUT2D eigenvalue weighted by Crippen LogP contribution is -2.11. The van der Waals surface area contributed by atoms with Crippen LogP contribution in [-0.4, -0.2) is 19.2 Å². The summed E-state index contributed by atoms with van der Waals surface area (Å²) in [5.41, 5.74) is 1.31. The van der Waals surface area contributed by atoms with Crippen molar-refractivity contribution >= 4 is 17.6 Å². The molecule has 0 aromatic heterocycles. The Morgan fingerprint density at radius 1 is 1.35 bits per heavy atom. The molecule has 1 rings (SSSR count). The maximum Gasteiger partial charge on any atom is 0.335 e. The normalized spacial score (nSPS) is 10.0. The Kier molecular flexibility index (Phi) is 5.73. The van der Waals surface area contributed by atoms with Gasteiger partial charge >= 0.3 is 5.97 Å². The molecule has 0 aliphatic rings. The van der Waals surface area contributed by atoms with Crippen molar-refractivity contribution in [1.82, 2.24) is 0 Å². The molecule has 0 saturated carbocycles. The van der Waals surface area contributed by atoms with Gasteiger partial charge in [0, 0.05) is 5.02 Å². The first kappa shape index (κ1) is 13.7. The Bertz CT molecular complexity index is 384. The summed E-state index contributed by atoms with van der Waals surface area (Å²) in [4.78, 5) is 11.2. The number of benzene rings is 1. The van der Waals surface area contributed by atoms with Crippen molar-refractivity contribution < 1.29 is 14.3 Å². The standard InChI is InChI=1S/C13H15ClO3/c1-3-17-13(15)10(2)8-16-9-11-4-6-12(14)7-5-11/h4-7H,2-3,8-9H2,1H3. The third-order valence-corrected chi connectivity index (χ3v) is 2.27. The van der Waals surface area contributed by atoms with Crippen LogP contribution in [-0.2, 0) is 20.9 Å². The Morgan fingerprint density at radius 2 is 2.00 bits per heavy atom. The number of carbonyl (C=O) groups excluding carboxylic acids is 1. The molecule has 0 heterocycles. The molecule has 0 aliphatic heterocycles. The predicted octanol–water partition coefficient (Wildman–Crippen LogP) is 2.98. The van der Waals surface area contributed by atoms with Crippen molar-refractivity contribution in [3.8, 4) is 0 Å². The molecular weight excluding hydrogens is 240 g/mol. The molecule has 3 nitrogen and oxygen atoms in total. The molecule has 0 spiro atoms. The second-order valence-electron chi connectivity index (χ2n) is 3.44. The van der Waals surface area contributed by atoms with E-state index in [9.17, 15) is 4.79 Å². The monoisotopic (exact) mass is 254 g/mol. The van der Waals surface area contributed by atoms with E-state index in [4.69, 9.17) is 21.1 Å². The van der Waals surface area contributed by atoms with Crippen molar-refractivity contribution in [2.75, 3.05) is 13.2 Å². The van der Waals surface area contributed by atoms with Gasteiger partial charge in [0.15, 0.2) is 0 Å². The smallest absolute Gasteiger partial charge is 0.335 e. The van der Waals surface area contributed by atoms with E-state index in [-0.39, 0.29) is 6.61 Å². The van der Waals surface area contributed by atoms with Crippen LogP contribution in [0.1, 0.15) is 12.5 Å². The Hall–Kier alpha value is -1.32. The number of esters is 1. The molecule has 0 bridgehead atoms. The number of hydrogen-bond donors (Lipinski definition) is 0. The summed E-state index contributed by atoms with van der Waals surface area (Å²) in [5.74, 6) is -0.413. The number of ether oxygens (including phenoxy) is 2. The molecule has 0 unspecified atom stereocenters. The van der Waals surface area contributed by atoms with E-state index in [0.29, 0.717) is 23.8 Å². The maximum absolute atomic E-state index is 11.2. The van der Waals surface area contributed by atoms with E-state index in [1.54, 1.807) is 19.1 Å². The highest BCUT2D eigenvalue weighted by atomic mass is 35.5. The lowest BCUT2D eigenvalue weighted by molar-refractivity contribution is -0.139. The van der Waals surface area contributed by atoms with Crippen LogP contribution in [0.2, 0.25) is 5.02 Å². The molecule has 1 aromatic carbocycles. The molecule has 92 valence electrons. The first-order valence-corrected chi connectivity index (χ1v) is 5.68. The molecule has 0 aliphatic carbocycles. The second kappa shape index (κ2) is 7.09. The average molecular weight is 255 g/mol. The van der Waals surface area contributed by atoms with Gasteiger partial charge in [-0.05, 0) is 24.6 Å². The van der Waals surface area contributed by atoms with Crippen LogP contribution in [0.25, 0.3) is 0 Å². The third kappa shape index (κ3) is 5.02. The summed E-state index contributed by atoms with van der Waals surface area (Å²) < 4.78 is 10.1. The fourth-order valence-corrected chi connectivity index (χ4v) is 1.29. The zero-order valence-electron chi connectivity index (χ0n) is 9.74. The van der Waals surface area contributed by atoms with E-state index in [1.807, 2.05) is 12.1 Å². The minimum absolute atomic E-state index is 0.168. The molecule has 0 amide bonds. The van der Waals surface area contributed by atoms with E-state index >= 15 is 0 Å². The molecule has 0 atom stereocenters. The van der Waals surface area contributed by atoms with E-state index in [1.165, 1.54) is 0 Å². The van der Waals surface area contributed by atoms with Gasteiger partial charge < -0.3 is 9.47 Å². The molecule has 0 radical (unpaired) electrons. The van der Waals surface area contributed by atoms with Crippen LogP contribution in [0.15, 0.2) is 36.4 Å². The second-order valence-corrected chi connectivity index (χ2v) is 3.88. The fourth-order valence-electron chi connectivity index (χ4n) is 1.16. The number of carbonyl (C=O) groups is 1. The average Bonchev–Trinajstić information content (AvgIpc) is 2.32. The van der Waals surface area contributed by atoms with E-state index < -0.39 is 5.97 Å². The minimum atomic E-state index is -0.413. The molecule has 17 heavy (non-hydrogen) atoms. The van der Waals surface area contributed by atoms with Gasteiger partial charge in [0.05, 0.1) is 25.4 Å². The summed E-state index contributed by atoms with van der Waals surface area (Å²) in [6.45, 7) is 6.27. The molecule has 0 fully saturated rings. The highest BCUT2D eigenvalue weighted by molar-refractivity contribution is 6.30. The van der Waals surface area contributed by atoms with Crippen molar-refractivity contribution in [2.24, 2.45) is 0 Å². The molecule has 0 N–H and O–H groups in total. The van der Waals surface area contributed by atoms with Crippen LogP contribution in [0.4, 0.5) is 0 Å². The molecule has 4 heteroatoms. The maximum atomic E-state index is 11.2. The summed E-state index contributed by atoms with van der Waals surface area (Å²) >= 11 is 5.76. The highest BCUT2D eigenvalue weighted by Gasteiger charge is 2.07. The molecule has 0 saturated heterocycles. The lowest BCUT2D eigenvalue weighted by atomic mass is 10.2. The number of halogens is 1. The molecule has 1 aromatic rings. The summed E-state index contributed by atoms with van der Waals surface area (Å²) in [6, 6.07) is 7.33. The van der Waals surface area contributed by atoms with Gasteiger partial charge in [0.1, 0.15) is 0 Å². The van der Waals surface area contributed by atoms with Gasteiger partial charge in [-0.25, -0.2) is 4.79 Å². The SMILES string of the molecule is C=C(COCc1ccc(Cl)cc1)C(=O)OCC. The van der Waals surface area contributed by atoms with Gasteiger partial charge in [-0.2, -0.15) is 0 Å². The lowest BCUT2D eigenvalue weighted by Gasteiger charge is -2.06. The number of rotatable bonds is 6. The minimum Gasteiger partial charge on any atom is -0.463 e. The van der Waals surface area contributed by atoms with Crippen LogP contribution in [0.5, 0.6) is 0 Å². The van der Waals surface area contributed by atoms with Crippen molar-refractivity contribution in [3.63, 3.8) is 0 Å². The quantitative estimate of drug-likeness (QED) is 0.578. The third-order valence-electron chi connectivity index (χ3n) is 2.02. The van der Waals surface area contributed by atoms with E-state index in [2.05, 4.69) is 6.58 Å². The van der Waals surface area contributed by atoms with Crippen LogP contribution < -0.4 is 0 Å². The van der Waals surface area contributed by atoms with Crippen molar-refractivity contribution in [2.45, 2.75) is 13.5 Å². The van der Waals surface area contributed by atoms with Gasteiger partial charge in [0.25, 0.3) is 0 Å². The first-order chi connectivity index (χ1) is 8.13. The van der Waals surface area contributed by atoms with Gasteiger partial charge in [-0.15, -0.1) is 0 Å². The first-order valence-electron chi connectivity index (χ1n) is 5.30. The molecular formula is C13H15ClO3. The zero-order valence-corrected chi connectivity index (χ0v) is 10.5. The Morgan fingerprint density at radius 3 is 2.59 bits per heavy atom. The summed E-state index contributed by atoms with van der Waals surface area (Å²) in [7, 11) is 0. The summed E-state index contributed by atoms with van der Waals surface area (Å²) in [6.07, 6.45) is 0. The fraction of sp³-hybridized carbons (Fsp3) is 0.308. The van der Waals surface area contributed by atoms with Crippen LogP contribution >= 0.6 is 11.6 Å². The van der Waals surface area contributed by atoms with Crippen LogP contribution in [0.3, 0.4) is 0 Å². The predicted molar refractivity (Wildman–Crippen MR) is 66.9 cm³/mol. The Balaban J connectivity index is 2.30. The zero-order chi connectivity index (χ0) is 12.7. The Labute approximate surface area is 106 Å². The van der Waals surface area contributed by atoms with Crippen molar-refractivity contribution in [3.05, 3.63) is 47.0 Å². The van der Waals surface area contributed by atoms with Gasteiger partial charge in [-0.1, -0.05) is 30.3 Å². The van der Waals surface area contributed by atoms with Crippen molar-refractivity contribution in [1.29, 1.82) is 0 Å². The highest BCUT2D eigenvalue weighted by Crippen LogP contribution is 2.10. The summed E-state index contributed by atoms with van der Waals surface area (Å²) in [5, 5.41) is 0.685. The van der Waals surface area contributed by atoms with Gasteiger partial charge in [-0.3, -0.25) is 0 Å². The largest absolute Gasteiger partial charge is 0.463 e. The van der Waals surface area contributed by atoms with E-state index in [0.717, 1.165) is 5.56 Å². The number of hydrogen-bond acceptors (Lipinski definition) is 3. The van der Waals surface area contributed by atoms with Gasteiger partial charge in [0.2, 0.25) is 0 Å². The van der Waals surface area contributed by atoms with Crippen LogP contribution in [0, 0.1) is 0 Å². The topological polar surface area (TPSA) is 35.5 Å².